The molecular formula is C19H29N3O. The highest BCUT2D eigenvalue weighted by Crippen LogP contribution is 2.42. The number of carbonyl (C=O) groups is 1. The van der Waals surface area contributed by atoms with Gasteiger partial charge in [0, 0.05) is 11.3 Å². The molecule has 0 aliphatic carbocycles. The number of nitrogens with one attached hydrogen (secondary N) is 1. The van der Waals surface area contributed by atoms with Crippen LogP contribution in [0.5, 0.6) is 0 Å². The third-order valence-corrected chi connectivity index (χ3v) is 4.68. The Morgan fingerprint density at radius 1 is 1.35 bits per heavy atom. The molecule has 0 fully saturated rings. The number of nitrogens with two attached hydrogens (primary N) is 1. The normalized spacial score (nSPS) is 17.3. The molecule has 0 bridgehead atoms. The van der Waals surface area contributed by atoms with Gasteiger partial charge in [0.25, 0.3) is 5.91 Å². The molecule has 126 valence electrons. The van der Waals surface area contributed by atoms with Crippen LogP contribution < -0.4 is 16.2 Å². The third-order valence-electron chi connectivity index (χ3n) is 4.68. The van der Waals surface area contributed by atoms with Crippen LogP contribution in [0.25, 0.3) is 5.57 Å². The summed E-state index contributed by atoms with van der Waals surface area (Å²) < 4.78 is 0. The summed E-state index contributed by atoms with van der Waals surface area (Å²) in [6.45, 7) is 10.7. The van der Waals surface area contributed by atoms with E-state index < -0.39 is 0 Å². The van der Waals surface area contributed by atoms with E-state index in [1.165, 1.54) is 16.7 Å². The second-order valence-electron chi connectivity index (χ2n) is 6.99. The van der Waals surface area contributed by atoms with E-state index in [-0.39, 0.29) is 17.5 Å². The van der Waals surface area contributed by atoms with Crippen molar-refractivity contribution in [3.63, 3.8) is 0 Å². The van der Waals surface area contributed by atoms with E-state index in [0.29, 0.717) is 0 Å². The van der Waals surface area contributed by atoms with Crippen LogP contribution in [-0.4, -0.2) is 17.5 Å². The largest absolute Gasteiger partial charge is 0.350 e. The fourth-order valence-corrected chi connectivity index (χ4v) is 3.69. The maximum absolute atomic E-state index is 12.5. The van der Waals surface area contributed by atoms with Gasteiger partial charge in [-0.1, -0.05) is 44.0 Å². The van der Waals surface area contributed by atoms with Crippen molar-refractivity contribution in [1.29, 1.82) is 0 Å². The molecule has 0 saturated heterocycles. The molecule has 0 unspecified atom stereocenters. The maximum atomic E-state index is 12.5. The van der Waals surface area contributed by atoms with Crippen molar-refractivity contribution in [2.75, 3.05) is 4.90 Å². The first kappa shape index (κ1) is 17.5. The highest BCUT2D eigenvalue weighted by atomic mass is 16.2. The Morgan fingerprint density at radius 2 is 2.04 bits per heavy atom. The standard InChI is InChI=1S/C19H29N3O/c1-6-7-11-16(18(23)21-20)22-17-13(2)9-8-10-15(17)14(3)12-19(22,4)5/h8-10,12,16H,6-7,11,20H2,1-5H3,(H,21,23)/t16-/m0/s1. The monoisotopic (exact) mass is 315 g/mol. The number of aryl methyl sites for hydroxylation is 1. The van der Waals surface area contributed by atoms with Crippen LogP contribution in [0, 0.1) is 6.92 Å². The minimum atomic E-state index is -0.265. The quantitative estimate of drug-likeness (QED) is 0.496. The number of hydrazine groups is 1. The number of rotatable bonds is 5. The maximum Gasteiger partial charge on any atom is 0.256 e. The molecule has 23 heavy (non-hydrogen) atoms. The number of nitrogens with zero attached hydrogens (tertiary/aromatic N) is 1. The van der Waals surface area contributed by atoms with Crippen LogP contribution in [0.15, 0.2) is 24.3 Å². The van der Waals surface area contributed by atoms with Crippen molar-refractivity contribution in [2.24, 2.45) is 5.84 Å². The fourth-order valence-electron chi connectivity index (χ4n) is 3.69. The number of amides is 1. The lowest BCUT2D eigenvalue weighted by Gasteiger charge is -2.47. The first-order chi connectivity index (χ1) is 10.8. The van der Waals surface area contributed by atoms with Crippen LogP contribution in [0.4, 0.5) is 5.69 Å². The first-order valence-corrected chi connectivity index (χ1v) is 8.42. The van der Waals surface area contributed by atoms with E-state index in [2.05, 4.69) is 69.2 Å². The number of para-hydroxylation sites is 1. The highest BCUT2D eigenvalue weighted by Gasteiger charge is 2.39. The SMILES string of the molecule is CCCC[C@@H](C(=O)NN)N1c2c(C)cccc2C(C)=CC1(C)C. The van der Waals surface area contributed by atoms with Gasteiger partial charge in [0.1, 0.15) is 6.04 Å². The predicted molar refractivity (Wildman–Crippen MR) is 97.0 cm³/mol. The first-order valence-electron chi connectivity index (χ1n) is 8.42. The zero-order valence-electron chi connectivity index (χ0n) is 14.9. The molecule has 0 saturated carbocycles. The molecule has 1 heterocycles. The summed E-state index contributed by atoms with van der Waals surface area (Å²) in [6, 6.07) is 6.05. The van der Waals surface area contributed by atoms with Crippen molar-refractivity contribution >= 4 is 17.2 Å². The molecule has 0 spiro atoms. The molecule has 1 aliphatic heterocycles. The van der Waals surface area contributed by atoms with Gasteiger partial charge in [-0.05, 0) is 45.3 Å². The topological polar surface area (TPSA) is 58.4 Å². The van der Waals surface area contributed by atoms with Gasteiger partial charge in [0.2, 0.25) is 0 Å². The number of hydrogen-bond donors (Lipinski definition) is 2. The van der Waals surface area contributed by atoms with E-state index in [1.807, 2.05) is 0 Å². The molecular weight excluding hydrogens is 286 g/mol. The molecule has 0 radical (unpaired) electrons. The Morgan fingerprint density at radius 3 is 2.65 bits per heavy atom. The Balaban J connectivity index is 2.60. The number of benzene rings is 1. The van der Waals surface area contributed by atoms with Gasteiger partial charge >= 0.3 is 0 Å². The summed E-state index contributed by atoms with van der Waals surface area (Å²) in [6.07, 6.45) is 5.09. The van der Waals surface area contributed by atoms with Gasteiger partial charge in [0.05, 0.1) is 5.54 Å². The molecule has 2 rings (SSSR count). The van der Waals surface area contributed by atoms with Crippen molar-refractivity contribution in [3.8, 4) is 0 Å². The lowest BCUT2D eigenvalue weighted by Crippen LogP contribution is -2.58. The Bertz CT molecular complexity index is 619. The number of carbonyl (C=O) groups excluding carboxylic acids is 1. The average molecular weight is 315 g/mol. The van der Waals surface area contributed by atoms with Crippen molar-refractivity contribution in [1.82, 2.24) is 5.43 Å². The Kier molecular flexibility index (Phi) is 5.15. The zero-order chi connectivity index (χ0) is 17.2. The van der Waals surface area contributed by atoms with E-state index in [4.69, 9.17) is 5.84 Å². The van der Waals surface area contributed by atoms with Gasteiger partial charge in [-0.3, -0.25) is 10.2 Å². The van der Waals surface area contributed by atoms with Gasteiger partial charge in [-0.15, -0.1) is 0 Å². The number of anilines is 1. The number of unbranched alkanes of at least 4 members (excludes halogenated alkanes) is 1. The molecule has 1 atom stereocenters. The Hall–Kier alpha value is -1.81. The minimum Gasteiger partial charge on any atom is -0.350 e. The fraction of sp³-hybridized carbons (Fsp3) is 0.526. The number of hydrogen-bond acceptors (Lipinski definition) is 3. The van der Waals surface area contributed by atoms with Gasteiger partial charge < -0.3 is 4.90 Å². The van der Waals surface area contributed by atoms with Crippen molar-refractivity contribution in [2.45, 2.75) is 65.5 Å². The summed E-state index contributed by atoms with van der Waals surface area (Å²) in [5.74, 6) is 5.37. The van der Waals surface area contributed by atoms with Crippen LogP contribution in [-0.2, 0) is 4.79 Å². The van der Waals surface area contributed by atoms with E-state index >= 15 is 0 Å². The van der Waals surface area contributed by atoms with E-state index in [9.17, 15) is 4.79 Å². The average Bonchev–Trinajstić information content (AvgIpc) is 2.49. The lowest BCUT2D eigenvalue weighted by atomic mass is 9.85. The summed E-state index contributed by atoms with van der Waals surface area (Å²) in [5.41, 5.74) is 6.93. The second kappa shape index (κ2) is 6.75. The van der Waals surface area contributed by atoms with Crippen molar-refractivity contribution in [3.05, 3.63) is 35.4 Å². The van der Waals surface area contributed by atoms with Crippen LogP contribution in [0.2, 0.25) is 0 Å². The summed E-state index contributed by atoms with van der Waals surface area (Å²) in [7, 11) is 0. The lowest BCUT2D eigenvalue weighted by molar-refractivity contribution is -0.122. The smallest absolute Gasteiger partial charge is 0.256 e. The molecule has 3 N–H and O–H groups in total. The molecule has 4 nitrogen and oxygen atoms in total. The predicted octanol–water partition coefficient (Wildman–Crippen LogP) is 3.55. The molecule has 1 amide bonds. The van der Waals surface area contributed by atoms with Gasteiger partial charge in [-0.2, -0.15) is 0 Å². The highest BCUT2D eigenvalue weighted by molar-refractivity contribution is 5.90. The summed E-state index contributed by atoms with van der Waals surface area (Å²) in [4.78, 5) is 14.8. The van der Waals surface area contributed by atoms with Crippen LogP contribution in [0.3, 0.4) is 0 Å². The number of fused-ring (bicyclic) bond motifs is 1. The summed E-state index contributed by atoms with van der Waals surface area (Å²) in [5, 5.41) is 0. The molecule has 0 aromatic heterocycles. The van der Waals surface area contributed by atoms with Crippen LogP contribution in [0.1, 0.15) is 58.1 Å². The number of allylic oxidation sites excluding steroid dienone is 1. The van der Waals surface area contributed by atoms with Gasteiger partial charge in [0.15, 0.2) is 0 Å². The van der Waals surface area contributed by atoms with Gasteiger partial charge in [-0.25, -0.2) is 5.84 Å². The molecule has 4 heteroatoms. The summed E-state index contributed by atoms with van der Waals surface area (Å²) >= 11 is 0. The molecule has 1 aromatic rings. The zero-order valence-corrected chi connectivity index (χ0v) is 14.9. The third kappa shape index (κ3) is 3.27. The van der Waals surface area contributed by atoms with E-state index in [1.54, 1.807) is 0 Å². The van der Waals surface area contributed by atoms with Crippen LogP contribution >= 0.6 is 0 Å². The van der Waals surface area contributed by atoms with E-state index in [0.717, 1.165) is 24.9 Å². The molecule has 1 aliphatic rings. The second-order valence-corrected chi connectivity index (χ2v) is 6.99. The molecule has 1 aromatic carbocycles. The minimum absolute atomic E-state index is 0.117. The Labute approximate surface area is 139 Å². The van der Waals surface area contributed by atoms with Crippen molar-refractivity contribution < 1.29 is 4.79 Å².